The number of halogens is 3. The van der Waals surface area contributed by atoms with Crippen LogP contribution < -0.4 is 0 Å². The van der Waals surface area contributed by atoms with Crippen LogP contribution >= 0.6 is 0 Å². The van der Waals surface area contributed by atoms with Crippen LogP contribution in [-0.4, -0.2) is 62.1 Å². The molecule has 1 heterocycles. The molecule has 0 atom stereocenters. The topological polar surface area (TPSA) is 32.8 Å². The fourth-order valence-electron chi connectivity index (χ4n) is 2.94. The molecule has 7 heteroatoms. The smallest absolute Gasteiger partial charge is 0.383 e. The maximum atomic E-state index is 12.9. The molecule has 1 aliphatic rings. The van der Waals surface area contributed by atoms with Gasteiger partial charge in [0.05, 0.1) is 12.2 Å². The number of ether oxygens (including phenoxy) is 1. The SMILES string of the molecule is COCCN(C(=O)c1cccc(C(F)(F)F)c1)C1CCN(C)CC1. The summed E-state index contributed by atoms with van der Waals surface area (Å²) in [6.07, 6.45) is -2.84. The molecule has 1 aromatic carbocycles. The quantitative estimate of drug-likeness (QED) is 0.823. The van der Waals surface area contributed by atoms with Crippen LogP contribution in [-0.2, 0) is 10.9 Å². The summed E-state index contributed by atoms with van der Waals surface area (Å²) in [5.41, 5.74) is -0.733. The highest BCUT2D eigenvalue weighted by molar-refractivity contribution is 5.94. The van der Waals surface area contributed by atoms with Gasteiger partial charge in [-0.2, -0.15) is 13.2 Å². The van der Waals surface area contributed by atoms with Crippen LogP contribution in [0.25, 0.3) is 0 Å². The first-order valence-corrected chi connectivity index (χ1v) is 7.98. The van der Waals surface area contributed by atoms with Gasteiger partial charge in [0, 0.05) is 25.3 Å². The van der Waals surface area contributed by atoms with E-state index in [0.29, 0.717) is 13.2 Å². The molecule has 1 saturated heterocycles. The van der Waals surface area contributed by atoms with Gasteiger partial charge in [-0.05, 0) is 51.2 Å². The van der Waals surface area contributed by atoms with Crippen LogP contribution in [0.15, 0.2) is 24.3 Å². The summed E-state index contributed by atoms with van der Waals surface area (Å²) in [7, 11) is 3.56. The summed E-state index contributed by atoms with van der Waals surface area (Å²) in [6.45, 7) is 2.46. The van der Waals surface area contributed by atoms with E-state index in [-0.39, 0.29) is 17.5 Å². The molecule has 4 nitrogen and oxygen atoms in total. The van der Waals surface area contributed by atoms with Crippen LogP contribution in [0.5, 0.6) is 0 Å². The van der Waals surface area contributed by atoms with Gasteiger partial charge >= 0.3 is 6.18 Å². The van der Waals surface area contributed by atoms with Gasteiger partial charge in [0.15, 0.2) is 0 Å². The van der Waals surface area contributed by atoms with Crippen molar-refractivity contribution in [2.75, 3.05) is 40.4 Å². The molecule has 24 heavy (non-hydrogen) atoms. The molecule has 2 rings (SSSR count). The van der Waals surface area contributed by atoms with E-state index in [1.807, 2.05) is 7.05 Å². The summed E-state index contributed by atoms with van der Waals surface area (Å²) in [6, 6.07) is 4.65. The van der Waals surface area contributed by atoms with E-state index in [1.54, 1.807) is 12.0 Å². The van der Waals surface area contributed by atoms with Crippen LogP contribution in [0.1, 0.15) is 28.8 Å². The Morgan fingerprint density at radius 1 is 1.33 bits per heavy atom. The van der Waals surface area contributed by atoms with Gasteiger partial charge in [0.1, 0.15) is 0 Å². The molecule has 0 spiro atoms. The molecule has 0 aliphatic carbocycles. The molecule has 0 aromatic heterocycles. The zero-order chi connectivity index (χ0) is 17.7. The van der Waals surface area contributed by atoms with Gasteiger partial charge in [0.2, 0.25) is 0 Å². The highest BCUT2D eigenvalue weighted by Gasteiger charge is 2.32. The van der Waals surface area contributed by atoms with Crippen LogP contribution in [0.4, 0.5) is 13.2 Å². The molecular formula is C17H23F3N2O2. The molecule has 0 N–H and O–H groups in total. The molecule has 1 amide bonds. The molecule has 1 fully saturated rings. The highest BCUT2D eigenvalue weighted by atomic mass is 19.4. The first kappa shape index (κ1) is 18.7. The number of hydrogen-bond acceptors (Lipinski definition) is 3. The number of rotatable bonds is 5. The average molecular weight is 344 g/mol. The van der Waals surface area contributed by atoms with E-state index >= 15 is 0 Å². The molecule has 0 unspecified atom stereocenters. The van der Waals surface area contributed by atoms with Crippen molar-refractivity contribution in [1.82, 2.24) is 9.80 Å². The van der Waals surface area contributed by atoms with Gasteiger partial charge in [-0.1, -0.05) is 6.07 Å². The van der Waals surface area contributed by atoms with E-state index < -0.39 is 11.7 Å². The number of hydrogen-bond donors (Lipinski definition) is 0. The van der Waals surface area contributed by atoms with Crippen molar-refractivity contribution >= 4 is 5.91 Å². The lowest BCUT2D eigenvalue weighted by molar-refractivity contribution is -0.137. The van der Waals surface area contributed by atoms with Crippen LogP contribution in [0.3, 0.4) is 0 Å². The van der Waals surface area contributed by atoms with E-state index in [9.17, 15) is 18.0 Å². The number of carbonyl (C=O) groups excluding carboxylic acids is 1. The number of piperidine rings is 1. The molecule has 1 aliphatic heterocycles. The number of methoxy groups -OCH3 is 1. The summed E-state index contributed by atoms with van der Waals surface area (Å²) in [5.74, 6) is -0.368. The maximum absolute atomic E-state index is 12.9. The Balaban J connectivity index is 2.21. The number of likely N-dealkylation sites (tertiary alicyclic amines) is 1. The lowest BCUT2D eigenvalue weighted by Crippen LogP contribution is -2.47. The van der Waals surface area contributed by atoms with E-state index in [2.05, 4.69) is 4.90 Å². The molecule has 134 valence electrons. The number of alkyl halides is 3. The number of carbonyl (C=O) groups is 1. The molecule has 0 bridgehead atoms. The average Bonchev–Trinajstić information content (AvgIpc) is 2.56. The predicted molar refractivity (Wildman–Crippen MR) is 84.9 cm³/mol. The van der Waals surface area contributed by atoms with Gasteiger partial charge < -0.3 is 14.5 Å². The second-order valence-corrected chi connectivity index (χ2v) is 6.10. The Kier molecular flexibility index (Phi) is 6.23. The highest BCUT2D eigenvalue weighted by Crippen LogP contribution is 2.30. The third kappa shape index (κ3) is 4.70. The zero-order valence-corrected chi connectivity index (χ0v) is 14.0. The Morgan fingerprint density at radius 3 is 2.58 bits per heavy atom. The minimum Gasteiger partial charge on any atom is -0.383 e. The maximum Gasteiger partial charge on any atom is 0.416 e. The summed E-state index contributed by atoms with van der Waals surface area (Å²) in [4.78, 5) is 16.6. The Morgan fingerprint density at radius 2 is 2.00 bits per heavy atom. The second-order valence-electron chi connectivity index (χ2n) is 6.10. The molecule has 0 radical (unpaired) electrons. The monoisotopic (exact) mass is 344 g/mol. The third-order valence-corrected chi connectivity index (χ3v) is 4.36. The van der Waals surface area contributed by atoms with E-state index in [1.165, 1.54) is 12.1 Å². The van der Waals surface area contributed by atoms with Crippen molar-refractivity contribution in [3.63, 3.8) is 0 Å². The Labute approximate surface area is 140 Å². The first-order chi connectivity index (χ1) is 11.3. The lowest BCUT2D eigenvalue weighted by atomic mass is 10.0. The van der Waals surface area contributed by atoms with Gasteiger partial charge in [-0.15, -0.1) is 0 Å². The summed E-state index contributed by atoms with van der Waals surface area (Å²) >= 11 is 0. The van der Waals surface area contributed by atoms with Crippen molar-refractivity contribution in [3.05, 3.63) is 35.4 Å². The van der Waals surface area contributed by atoms with Gasteiger partial charge in [0.25, 0.3) is 5.91 Å². The standard InChI is InChI=1S/C17H23F3N2O2/c1-21-8-6-15(7-9-21)22(10-11-24-2)16(23)13-4-3-5-14(12-13)17(18,19)20/h3-5,12,15H,6-11H2,1-2H3. The Bertz CT molecular complexity index is 555. The number of benzene rings is 1. The third-order valence-electron chi connectivity index (χ3n) is 4.36. The minimum atomic E-state index is -4.46. The predicted octanol–water partition coefficient (Wildman–Crippen LogP) is 2.89. The first-order valence-electron chi connectivity index (χ1n) is 7.98. The molecule has 0 saturated carbocycles. The largest absolute Gasteiger partial charge is 0.416 e. The summed E-state index contributed by atoms with van der Waals surface area (Å²) < 4.78 is 43.7. The Hall–Kier alpha value is -1.60. The van der Waals surface area contributed by atoms with Gasteiger partial charge in [-0.25, -0.2) is 0 Å². The minimum absolute atomic E-state index is 0.0263. The van der Waals surface area contributed by atoms with Gasteiger partial charge in [-0.3, -0.25) is 4.79 Å². The lowest BCUT2D eigenvalue weighted by Gasteiger charge is -2.37. The van der Waals surface area contributed by atoms with Crippen LogP contribution in [0.2, 0.25) is 0 Å². The number of nitrogens with zero attached hydrogens (tertiary/aromatic N) is 2. The van der Waals surface area contributed by atoms with Crippen molar-refractivity contribution in [3.8, 4) is 0 Å². The second kappa shape index (κ2) is 7.98. The fourth-order valence-corrected chi connectivity index (χ4v) is 2.94. The summed E-state index contributed by atoms with van der Waals surface area (Å²) in [5, 5.41) is 0. The van der Waals surface area contributed by atoms with Crippen LogP contribution in [0, 0.1) is 0 Å². The zero-order valence-electron chi connectivity index (χ0n) is 14.0. The van der Waals surface area contributed by atoms with E-state index in [0.717, 1.165) is 38.1 Å². The molecule has 1 aromatic rings. The van der Waals surface area contributed by atoms with E-state index in [4.69, 9.17) is 4.74 Å². The van der Waals surface area contributed by atoms with Crippen molar-refractivity contribution < 1.29 is 22.7 Å². The molecular weight excluding hydrogens is 321 g/mol. The fraction of sp³-hybridized carbons (Fsp3) is 0.588. The normalized spacial score (nSPS) is 17.0. The van der Waals surface area contributed by atoms with Crippen molar-refractivity contribution in [1.29, 1.82) is 0 Å². The number of amides is 1. The van der Waals surface area contributed by atoms with Crippen molar-refractivity contribution in [2.24, 2.45) is 0 Å². The van der Waals surface area contributed by atoms with Crippen molar-refractivity contribution in [2.45, 2.75) is 25.1 Å².